The summed E-state index contributed by atoms with van der Waals surface area (Å²) in [6.07, 6.45) is 3.59. The van der Waals surface area contributed by atoms with Gasteiger partial charge in [0.15, 0.2) is 5.15 Å². The predicted octanol–water partition coefficient (Wildman–Crippen LogP) is 3.11. The number of hydrogen-bond donors (Lipinski definition) is 1. The molecule has 2 heterocycles. The Morgan fingerprint density at radius 2 is 2.33 bits per heavy atom. The molecule has 0 amide bonds. The summed E-state index contributed by atoms with van der Waals surface area (Å²) in [6.45, 7) is 2.72. The van der Waals surface area contributed by atoms with Crippen molar-refractivity contribution in [3.8, 4) is 0 Å². The van der Waals surface area contributed by atoms with Gasteiger partial charge in [-0.1, -0.05) is 11.6 Å². The molecule has 0 radical (unpaired) electrons. The second-order valence-electron chi connectivity index (χ2n) is 3.17. The van der Waals surface area contributed by atoms with E-state index in [4.69, 9.17) is 11.6 Å². The average molecular weight is 240 g/mol. The van der Waals surface area contributed by atoms with Crippen LogP contribution in [-0.4, -0.2) is 9.97 Å². The minimum Gasteiger partial charge on any atom is -0.378 e. The van der Waals surface area contributed by atoms with E-state index in [2.05, 4.69) is 15.3 Å². The summed E-state index contributed by atoms with van der Waals surface area (Å²) in [6, 6.07) is 1.98. The fourth-order valence-corrected chi connectivity index (χ4v) is 1.89. The Balaban J connectivity index is 2.07. The quantitative estimate of drug-likeness (QED) is 0.837. The first-order chi connectivity index (χ1) is 7.25. The molecule has 0 unspecified atom stereocenters. The van der Waals surface area contributed by atoms with Crippen molar-refractivity contribution in [3.63, 3.8) is 0 Å². The molecule has 2 rings (SSSR count). The van der Waals surface area contributed by atoms with Gasteiger partial charge in [-0.15, -0.1) is 11.3 Å². The van der Waals surface area contributed by atoms with E-state index in [0.717, 1.165) is 17.8 Å². The molecule has 3 nitrogen and oxygen atoms in total. The Bertz CT molecular complexity index is 442. The Morgan fingerprint density at radius 1 is 1.47 bits per heavy atom. The van der Waals surface area contributed by atoms with Gasteiger partial charge in [0.1, 0.15) is 0 Å². The Hall–Kier alpha value is -1.13. The number of aromatic nitrogens is 2. The normalized spacial score (nSPS) is 10.3. The Morgan fingerprint density at radius 3 is 3.07 bits per heavy atom. The van der Waals surface area contributed by atoms with Crippen LogP contribution in [0.5, 0.6) is 0 Å². The summed E-state index contributed by atoms with van der Waals surface area (Å²) in [5.74, 6) is 0. The van der Waals surface area contributed by atoms with Crippen LogP contribution in [-0.2, 0) is 6.54 Å². The predicted molar refractivity (Wildman–Crippen MR) is 63.4 cm³/mol. The third-order valence-corrected chi connectivity index (χ3v) is 2.99. The molecule has 2 aromatic rings. The largest absolute Gasteiger partial charge is 0.378 e. The van der Waals surface area contributed by atoms with Crippen LogP contribution in [0.1, 0.15) is 10.4 Å². The molecule has 0 spiro atoms. The Kier molecular flexibility index (Phi) is 3.18. The molecule has 15 heavy (non-hydrogen) atoms. The highest BCUT2D eigenvalue weighted by Gasteiger charge is 2.01. The Labute approximate surface area is 97.2 Å². The van der Waals surface area contributed by atoms with Crippen LogP contribution in [0.4, 0.5) is 5.69 Å². The minimum absolute atomic E-state index is 0.505. The van der Waals surface area contributed by atoms with Crippen LogP contribution in [0.3, 0.4) is 0 Å². The van der Waals surface area contributed by atoms with E-state index < -0.39 is 0 Å². The topological polar surface area (TPSA) is 37.8 Å². The first kappa shape index (κ1) is 10.4. The summed E-state index contributed by atoms with van der Waals surface area (Å²) in [5, 5.41) is 3.74. The first-order valence-electron chi connectivity index (χ1n) is 4.49. The van der Waals surface area contributed by atoms with Gasteiger partial charge in [0.05, 0.1) is 17.7 Å². The number of halogens is 1. The molecule has 1 N–H and O–H groups in total. The standard InChI is InChI=1S/C10H10ClN3S/c1-7-2-9(10(11)14-3-7)13-5-8-4-12-6-15-8/h2-4,6,13H,5H2,1H3. The lowest BCUT2D eigenvalue weighted by Crippen LogP contribution is -1.99. The van der Waals surface area contributed by atoms with Gasteiger partial charge < -0.3 is 5.32 Å². The molecule has 0 aliphatic rings. The summed E-state index contributed by atoms with van der Waals surface area (Å²) in [5.41, 5.74) is 3.77. The zero-order valence-corrected chi connectivity index (χ0v) is 9.77. The zero-order valence-electron chi connectivity index (χ0n) is 8.20. The van der Waals surface area contributed by atoms with Crippen LogP contribution in [0.2, 0.25) is 5.15 Å². The van der Waals surface area contributed by atoms with Crippen molar-refractivity contribution in [2.24, 2.45) is 0 Å². The number of hydrogen-bond acceptors (Lipinski definition) is 4. The smallest absolute Gasteiger partial charge is 0.152 e. The van der Waals surface area contributed by atoms with Crippen LogP contribution in [0.15, 0.2) is 24.0 Å². The van der Waals surface area contributed by atoms with Gasteiger partial charge in [0, 0.05) is 17.3 Å². The van der Waals surface area contributed by atoms with E-state index in [-0.39, 0.29) is 0 Å². The maximum absolute atomic E-state index is 5.95. The van der Waals surface area contributed by atoms with E-state index in [9.17, 15) is 0 Å². The minimum atomic E-state index is 0.505. The number of anilines is 1. The highest BCUT2D eigenvalue weighted by molar-refractivity contribution is 7.09. The fraction of sp³-hybridized carbons (Fsp3) is 0.200. The number of aryl methyl sites for hydroxylation is 1. The van der Waals surface area contributed by atoms with Crippen molar-refractivity contribution in [2.75, 3.05) is 5.32 Å². The van der Waals surface area contributed by atoms with E-state index in [1.165, 1.54) is 4.88 Å². The average Bonchev–Trinajstić information content (AvgIpc) is 2.72. The summed E-state index contributed by atoms with van der Waals surface area (Å²) < 4.78 is 0. The number of thiazole rings is 1. The van der Waals surface area contributed by atoms with Gasteiger partial charge in [-0.3, -0.25) is 4.98 Å². The molecule has 0 fully saturated rings. The van der Waals surface area contributed by atoms with Crippen molar-refractivity contribution in [1.29, 1.82) is 0 Å². The van der Waals surface area contributed by atoms with Gasteiger partial charge in [0.25, 0.3) is 0 Å². The lowest BCUT2D eigenvalue weighted by atomic mass is 10.3. The summed E-state index contributed by atoms with van der Waals surface area (Å²) in [4.78, 5) is 9.25. The maximum atomic E-state index is 5.95. The van der Waals surface area contributed by atoms with Crippen molar-refractivity contribution < 1.29 is 0 Å². The third-order valence-electron chi connectivity index (χ3n) is 1.91. The van der Waals surface area contributed by atoms with Gasteiger partial charge in [-0.05, 0) is 18.6 Å². The van der Waals surface area contributed by atoms with Crippen molar-refractivity contribution >= 4 is 28.6 Å². The van der Waals surface area contributed by atoms with E-state index in [0.29, 0.717) is 5.15 Å². The molecule has 0 saturated heterocycles. The fourth-order valence-electron chi connectivity index (χ4n) is 1.19. The maximum Gasteiger partial charge on any atom is 0.152 e. The van der Waals surface area contributed by atoms with E-state index in [1.54, 1.807) is 17.5 Å². The monoisotopic (exact) mass is 239 g/mol. The number of rotatable bonds is 3. The molecule has 0 aliphatic carbocycles. The van der Waals surface area contributed by atoms with Crippen LogP contribution in [0.25, 0.3) is 0 Å². The van der Waals surface area contributed by atoms with Crippen LogP contribution < -0.4 is 5.32 Å². The van der Waals surface area contributed by atoms with Crippen LogP contribution >= 0.6 is 22.9 Å². The highest BCUT2D eigenvalue weighted by atomic mass is 35.5. The number of nitrogens with one attached hydrogen (secondary N) is 1. The van der Waals surface area contributed by atoms with Crippen molar-refractivity contribution in [2.45, 2.75) is 13.5 Å². The summed E-state index contributed by atoms with van der Waals surface area (Å²) in [7, 11) is 0. The van der Waals surface area contributed by atoms with Crippen LogP contribution in [0, 0.1) is 6.92 Å². The molecule has 0 saturated carbocycles. The van der Waals surface area contributed by atoms with Gasteiger partial charge >= 0.3 is 0 Å². The summed E-state index contributed by atoms with van der Waals surface area (Å²) >= 11 is 7.57. The first-order valence-corrected chi connectivity index (χ1v) is 5.75. The number of nitrogens with zero attached hydrogens (tertiary/aromatic N) is 2. The van der Waals surface area contributed by atoms with Gasteiger partial charge in [0.2, 0.25) is 0 Å². The molecule has 5 heteroatoms. The van der Waals surface area contributed by atoms with E-state index in [1.807, 2.05) is 24.7 Å². The molecular formula is C10H10ClN3S. The van der Waals surface area contributed by atoms with Crippen molar-refractivity contribution in [3.05, 3.63) is 39.6 Å². The highest BCUT2D eigenvalue weighted by Crippen LogP contribution is 2.20. The molecular weight excluding hydrogens is 230 g/mol. The lowest BCUT2D eigenvalue weighted by Gasteiger charge is -2.06. The SMILES string of the molecule is Cc1cnc(Cl)c(NCc2cncs2)c1. The van der Waals surface area contributed by atoms with Gasteiger partial charge in [-0.25, -0.2) is 4.98 Å². The lowest BCUT2D eigenvalue weighted by molar-refractivity contribution is 1.15. The second-order valence-corrected chi connectivity index (χ2v) is 4.50. The second kappa shape index (κ2) is 4.59. The van der Waals surface area contributed by atoms with Crippen molar-refractivity contribution in [1.82, 2.24) is 9.97 Å². The molecule has 0 atom stereocenters. The number of pyridine rings is 1. The zero-order chi connectivity index (χ0) is 10.7. The molecule has 0 aromatic carbocycles. The molecule has 2 aromatic heterocycles. The van der Waals surface area contributed by atoms with Gasteiger partial charge in [-0.2, -0.15) is 0 Å². The van der Waals surface area contributed by atoms with E-state index >= 15 is 0 Å². The third kappa shape index (κ3) is 2.67. The molecule has 78 valence electrons. The molecule has 0 aliphatic heterocycles. The molecule has 0 bridgehead atoms.